The number of nitrogens with one attached hydrogen (secondary N) is 1. The van der Waals surface area contributed by atoms with Gasteiger partial charge in [-0.1, -0.05) is 64.0 Å². The lowest BCUT2D eigenvalue weighted by atomic mass is 10.1. The summed E-state index contributed by atoms with van der Waals surface area (Å²) in [5, 5.41) is 13.6. The number of hydrogen-bond donors (Lipinski definition) is 1. The van der Waals surface area contributed by atoms with Gasteiger partial charge in [-0.3, -0.25) is 4.79 Å². The Labute approximate surface area is 195 Å². The summed E-state index contributed by atoms with van der Waals surface area (Å²) in [5.41, 5.74) is 5.91. The molecule has 4 rings (SSSR count). The van der Waals surface area contributed by atoms with E-state index in [0.29, 0.717) is 12.2 Å². The van der Waals surface area contributed by atoms with Gasteiger partial charge in [0.25, 0.3) is 5.91 Å². The van der Waals surface area contributed by atoms with Crippen molar-refractivity contribution >= 4 is 44.5 Å². The first-order chi connectivity index (χ1) is 15.4. The van der Waals surface area contributed by atoms with Crippen LogP contribution >= 0.6 is 15.9 Å². The predicted molar refractivity (Wildman–Crippen MR) is 133 cm³/mol. The van der Waals surface area contributed by atoms with Gasteiger partial charge in [0.05, 0.1) is 0 Å². The molecule has 0 aliphatic carbocycles. The maximum atomic E-state index is 12.8. The first-order valence-electron chi connectivity index (χ1n) is 10.3. The molecule has 4 aromatic rings. The Morgan fingerprint density at radius 2 is 1.84 bits per heavy atom. The van der Waals surface area contributed by atoms with Crippen LogP contribution in [0, 0.1) is 25.2 Å². The van der Waals surface area contributed by atoms with Crippen molar-refractivity contribution in [1.29, 1.82) is 5.26 Å². The number of amides is 1. The molecule has 1 N–H and O–H groups in total. The van der Waals surface area contributed by atoms with E-state index in [4.69, 9.17) is 0 Å². The molecule has 0 spiro atoms. The smallest absolute Gasteiger partial charge is 0.266 e. The van der Waals surface area contributed by atoms with Crippen LogP contribution in [-0.2, 0) is 11.3 Å². The van der Waals surface area contributed by atoms with E-state index < -0.39 is 5.91 Å². The van der Waals surface area contributed by atoms with E-state index >= 15 is 0 Å². The average molecular weight is 484 g/mol. The number of rotatable bonds is 5. The number of aromatic nitrogens is 1. The molecule has 0 bridgehead atoms. The van der Waals surface area contributed by atoms with E-state index in [1.54, 1.807) is 6.08 Å². The van der Waals surface area contributed by atoms with Gasteiger partial charge in [0.15, 0.2) is 0 Å². The molecule has 0 unspecified atom stereocenters. The van der Waals surface area contributed by atoms with Crippen molar-refractivity contribution in [3.63, 3.8) is 0 Å². The summed E-state index contributed by atoms with van der Waals surface area (Å²) in [4.78, 5) is 12.8. The number of aryl methyl sites for hydroxylation is 2. The number of fused-ring (bicyclic) bond motifs is 1. The van der Waals surface area contributed by atoms with Crippen molar-refractivity contribution in [2.24, 2.45) is 0 Å². The Morgan fingerprint density at radius 1 is 1.09 bits per heavy atom. The van der Waals surface area contributed by atoms with Crippen LogP contribution in [-0.4, -0.2) is 10.5 Å². The number of benzene rings is 3. The molecule has 0 fully saturated rings. The molecule has 32 heavy (non-hydrogen) atoms. The van der Waals surface area contributed by atoms with Crippen LogP contribution in [0.4, 0.5) is 5.69 Å². The van der Waals surface area contributed by atoms with E-state index in [-0.39, 0.29) is 5.57 Å². The molecule has 0 aliphatic rings. The van der Waals surface area contributed by atoms with Gasteiger partial charge in [0.1, 0.15) is 11.6 Å². The molecular formula is C27H22BrN3O. The number of para-hydroxylation sites is 1. The first kappa shape index (κ1) is 21.6. The second kappa shape index (κ2) is 9.25. The highest BCUT2D eigenvalue weighted by Gasteiger charge is 2.14. The number of halogens is 1. The van der Waals surface area contributed by atoms with E-state index in [9.17, 15) is 10.1 Å². The number of carbonyl (C=O) groups is 1. The normalized spacial score (nSPS) is 11.4. The second-order valence-corrected chi connectivity index (χ2v) is 8.71. The number of carbonyl (C=O) groups excluding carboxylic acids is 1. The van der Waals surface area contributed by atoms with E-state index in [2.05, 4.69) is 44.0 Å². The average Bonchev–Trinajstić information content (AvgIpc) is 3.12. The van der Waals surface area contributed by atoms with Gasteiger partial charge in [-0.15, -0.1) is 0 Å². The third-order valence-electron chi connectivity index (χ3n) is 5.38. The molecule has 5 heteroatoms. The summed E-state index contributed by atoms with van der Waals surface area (Å²) < 4.78 is 3.18. The van der Waals surface area contributed by atoms with Crippen LogP contribution in [0.1, 0.15) is 22.3 Å². The van der Waals surface area contributed by atoms with Crippen LogP contribution < -0.4 is 5.32 Å². The molecule has 1 aromatic heterocycles. The van der Waals surface area contributed by atoms with Crippen molar-refractivity contribution < 1.29 is 4.79 Å². The van der Waals surface area contributed by atoms with Gasteiger partial charge in [-0.05, 0) is 55.3 Å². The van der Waals surface area contributed by atoms with Gasteiger partial charge < -0.3 is 9.88 Å². The number of nitriles is 1. The summed E-state index contributed by atoms with van der Waals surface area (Å²) in [7, 11) is 0. The van der Waals surface area contributed by atoms with E-state index in [1.165, 1.54) is 0 Å². The Hall–Kier alpha value is -3.62. The Kier molecular flexibility index (Phi) is 6.25. The Morgan fingerprint density at radius 3 is 2.56 bits per heavy atom. The lowest BCUT2D eigenvalue weighted by Crippen LogP contribution is -2.14. The fraction of sp³-hybridized carbons (Fsp3) is 0.111. The zero-order valence-corrected chi connectivity index (χ0v) is 19.5. The highest BCUT2D eigenvalue weighted by molar-refractivity contribution is 9.10. The summed E-state index contributed by atoms with van der Waals surface area (Å²) >= 11 is 3.47. The third-order valence-corrected chi connectivity index (χ3v) is 5.91. The molecule has 0 aliphatic heterocycles. The maximum absolute atomic E-state index is 12.8. The second-order valence-electron chi connectivity index (χ2n) is 7.80. The molecule has 0 saturated heterocycles. The fourth-order valence-electron chi connectivity index (χ4n) is 3.76. The van der Waals surface area contributed by atoms with Gasteiger partial charge >= 0.3 is 0 Å². The number of anilines is 1. The highest BCUT2D eigenvalue weighted by atomic mass is 79.9. The first-order valence-corrected chi connectivity index (χ1v) is 11.1. The van der Waals surface area contributed by atoms with Crippen LogP contribution in [0.5, 0.6) is 0 Å². The molecule has 1 heterocycles. The lowest BCUT2D eigenvalue weighted by Gasteiger charge is -2.08. The molecule has 158 valence electrons. The summed E-state index contributed by atoms with van der Waals surface area (Å²) in [5.74, 6) is -0.413. The summed E-state index contributed by atoms with van der Waals surface area (Å²) in [6.07, 6.45) is 3.66. The Balaban J connectivity index is 1.67. The third kappa shape index (κ3) is 4.66. The zero-order chi connectivity index (χ0) is 22.7. The lowest BCUT2D eigenvalue weighted by molar-refractivity contribution is -0.112. The van der Waals surface area contributed by atoms with Gasteiger partial charge in [0, 0.05) is 39.4 Å². The topological polar surface area (TPSA) is 57.8 Å². The van der Waals surface area contributed by atoms with Crippen molar-refractivity contribution in [2.45, 2.75) is 20.4 Å². The monoisotopic (exact) mass is 483 g/mol. The van der Waals surface area contributed by atoms with Crippen molar-refractivity contribution in [3.05, 3.63) is 105 Å². The minimum absolute atomic E-state index is 0.0662. The van der Waals surface area contributed by atoms with Crippen LogP contribution in [0.2, 0.25) is 0 Å². The zero-order valence-electron chi connectivity index (χ0n) is 17.9. The van der Waals surface area contributed by atoms with Crippen molar-refractivity contribution in [2.75, 3.05) is 5.32 Å². The van der Waals surface area contributed by atoms with Crippen LogP contribution in [0.15, 0.2) is 83.0 Å². The largest absolute Gasteiger partial charge is 0.342 e. The van der Waals surface area contributed by atoms with E-state index in [1.807, 2.05) is 74.6 Å². The number of hydrogen-bond acceptors (Lipinski definition) is 2. The molecule has 0 saturated carbocycles. The molecular weight excluding hydrogens is 462 g/mol. The van der Waals surface area contributed by atoms with Gasteiger partial charge in [-0.2, -0.15) is 5.26 Å². The molecule has 1 amide bonds. The SMILES string of the molecule is Cc1ccc(NC(=O)C(C#N)=Cc2cn(Cc3ccc(Br)cc3)c3ccccc23)c(C)c1. The summed E-state index contributed by atoms with van der Waals surface area (Å²) in [6.45, 7) is 4.63. The molecule has 0 radical (unpaired) electrons. The minimum Gasteiger partial charge on any atom is -0.342 e. The highest BCUT2D eigenvalue weighted by Crippen LogP contribution is 2.25. The van der Waals surface area contributed by atoms with Crippen LogP contribution in [0.25, 0.3) is 17.0 Å². The van der Waals surface area contributed by atoms with Gasteiger partial charge in [-0.25, -0.2) is 0 Å². The van der Waals surface area contributed by atoms with Crippen LogP contribution in [0.3, 0.4) is 0 Å². The predicted octanol–water partition coefficient (Wildman–Crippen LogP) is 6.61. The minimum atomic E-state index is -0.413. The molecule has 0 atom stereocenters. The number of nitrogens with zero attached hydrogens (tertiary/aromatic N) is 2. The fourth-order valence-corrected chi connectivity index (χ4v) is 4.02. The van der Waals surface area contributed by atoms with Gasteiger partial charge in [0.2, 0.25) is 0 Å². The Bertz CT molecular complexity index is 1370. The summed E-state index contributed by atoms with van der Waals surface area (Å²) in [6, 6.07) is 24.1. The molecule has 3 aromatic carbocycles. The van der Waals surface area contributed by atoms with E-state index in [0.717, 1.165) is 37.6 Å². The quantitative estimate of drug-likeness (QED) is 0.256. The molecule has 4 nitrogen and oxygen atoms in total. The maximum Gasteiger partial charge on any atom is 0.266 e. The van der Waals surface area contributed by atoms with Crippen molar-refractivity contribution in [3.8, 4) is 6.07 Å². The standard InChI is InChI=1S/C27H22BrN3O/c1-18-7-12-25(19(2)13-18)30-27(32)21(15-29)14-22-17-31(26-6-4-3-5-24(22)26)16-20-8-10-23(28)11-9-20/h3-14,17H,16H2,1-2H3,(H,30,32). The van der Waals surface area contributed by atoms with Crippen molar-refractivity contribution in [1.82, 2.24) is 4.57 Å².